The maximum Gasteiger partial charge on any atom is 0.247 e. The van der Waals surface area contributed by atoms with Gasteiger partial charge in [0.15, 0.2) is 17.5 Å². The van der Waals surface area contributed by atoms with Crippen LogP contribution in [0, 0.1) is 17.5 Å². The van der Waals surface area contributed by atoms with Crippen molar-refractivity contribution in [1.29, 1.82) is 0 Å². The highest BCUT2D eigenvalue weighted by atomic mass is 19.2. The molecule has 0 fully saturated rings. The molecule has 0 atom stereocenters. The average Bonchev–Trinajstić information content (AvgIpc) is 2.72. The van der Waals surface area contributed by atoms with Gasteiger partial charge in [0.1, 0.15) is 12.3 Å². The summed E-state index contributed by atoms with van der Waals surface area (Å²) in [5.74, 6) is -5.11. The normalized spacial score (nSPS) is 10.8. The van der Waals surface area contributed by atoms with Gasteiger partial charge in [-0.1, -0.05) is 25.1 Å². The molecule has 2 amide bonds. The minimum atomic E-state index is -1.68. The van der Waals surface area contributed by atoms with Crippen molar-refractivity contribution in [3.8, 4) is 5.75 Å². The topological polar surface area (TPSA) is 58.6 Å². The number of halogens is 3. The van der Waals surface area contributed by atoms with Crippen molar-refractivity contribution < 1.29 is 27.5 Å². The van der Waals surface area contributed by atoms with Gasteiger partial charge >= 0.3 is 0 Å². The summed E-state index contributed by atoms with van der Waals surface area (Å²) in [4.78, 5) is 26.0. The summed E-state index contributed by atoms with van der Waals surface area (Å²) in [6, 6.07) is 8.73. The zero-order valence-electron chi connectivity index (χ0n) is 16.0. The molecule has 5 nitrogen and oxygen atoms in total. The molecule has 0 radical (unpaired) electrons. The summed E-state index contributed by atoms with van der Waals surface area (Å²) >= 11 is 0. The number of hydrogen-bond donors (Lipinski definition) is 1. The van der Waals surface area contributed by atoms with Crippen molar-refractivity contribution in [1.82, 2.24) is 4.90 Å². The molecule has 1 N–H and O–H groups in total. The molecule has 2 aromatic rings. The van der Waals surface area contributed by atoms with Crippen LogP contribution in [0.3, 0.4) is 0 Å². The van der Waals surface area contributed by atoms with E-state index >= 15 is 0 Å². The lowest BCUT2D eigenvalue weighted by Crippen LogP contribution is -2.37. The lowest BCUT2D eigenvalue weighted by molar-refractivity contribution is -0.130. The fourth-order valence-electron chi connectivity index (χ4n) is 2.59. The van der Waals surface area contributed by atoms with Crippen LogP contribution in [0.4, 0.5) is 18.9 Å². The van der Waals surface area contributed by atoms with E-state index in [1.54, 1.807) is 30.3 Å². The first-order valence-electron chi connectivity index (χ1n) is 8.90. The van der Waals surface area contributed by atoms with E-state index in [0.29, 0.717) is 23.8 Å². The van der Waals surface area contributed by atoms with Gasteiger partial charge in [-0.15, -0.1) is 0 Å². The maximum atomic E-state index is 13.7. The van der Waals surface area contributed by atoms with Gasteiger partial charge < -0.3 is 15.0 Å². The van der Waals surface area contributed by atoms with E-state index in [0.717, 1.165) is 6.07 Å². The van der Waals surface area contributed by atoms with Gasteiger partial charge in [0.25, 0.3) is 0 Å². The third kappa shape index (κ3) is 5.84. The molecule has 0 unspecified atom stereocenters. The summed E-state index contributed by atoms with van der Waals surface area (Å²) < 4.78 is 45.2. The minimum absolute atomic E-state index is 0.281. The zero-order valence-corrected chi connectivity index (χ0v) is 16.0. The number of para-hydroxylation sites is 1. The fourth-order valence-corrected chi connectivity index (χ4v) is 2.59. The molecule has 0 saturated heterocycles. The highest BCUT2D eigenvalue weighted by Gasteiger charge is 2.18. The molecular formula is C21H21F3N2O3. The summed E-state index contributed by atoms with van der Waals surface area (Å²) in [6.07, 6.45) is 3.46. The van der Waals surface area contributed by atoms with E-state index in [1.807, 2.05) is 6.92 Å². The van der Waals surface area contributed by atoms with Crippen molar-refractivity contribution in [3.63, 3.8) is 0 Å². The lowest BCUT2D eigenvalue weighted by Gasteiger charge is -2.20. The Labute approximate surface area is 166 Å². The van der Waals surface area contributed by atoms with E-state index in [-0.39, 0.29) is 13.1 Å². The lowest BCUT2D eigenvalue weighted by atomic mass is 10.2. The Kier molecular flexibility index (Phi) is 7.82. The number of nitrogens with one attached hydrogen (secondary N) is 1. The van der Waals surface area contributed by atoms with Crippen molar-refractivity contribution in [3.05, 3.63) is 65.5 Å². The molecule has 0 heterocycles. The maximum absolute atomic E-state index is 13.7. The van der Waals surface area contributed by atoms with Crippen LogP contribution in [-0.4, -0.2) is 36.9 Å². The summed E-state index contributed by atoms with van der Waals surface area (Å²) in [5.41, 5.74) is 0.190. The smallest absolute Gasteiger partial charge is 0.247 e. The number of rotatable bonds is 8. The monoisotopic (exact) mass is 406 g/mol. The van der Waals surface area contributed by atoms with E-state index in [4.69, 9.17) is 4.74 Å². The Morgan fingerprint density at radius 1 is 1.10 bits per heavy atom. The van der Waals surface area contributed by atoms with E-state index in [1.165, 1.54) is 18.1 Å². The van der Waals surface area contributed by atoms with Crippen LogP contribution in [0.25, 0.3) is 6.08 Å². The number of carbonyl (C=O) groups excluding carboxylic acids is 2. The number of anilines is 1. The average molecular weight is 406 g/mol. The van der Waals surface area contributed by atoms with E-state index < -0.39 is 35.0 Å². The van der Waals surface area contributed by atoms with E-state index in [2.05, 4.69) is 5.32 Å². The van der Waals surface area contributed by atoms with Crippen LogP contribution in [0.5, 0.6) is 5.75 Å². The predicted octanol–water partition coefficient (Wildman–Crippen LogP) is 4.00. The molecule has 0 aromatic heterocycles. The summed E-state index contributed by atoms with van der Waals surface area (Å²) in [6.45, 7) is 1.74. The van der Waals surface area contributed by atoms with Crippen molar-refractivity contribution >= 4 is 23.6 Å². The molecule has 0 bridgehead atoms. The predicted molar refractivity (Wildman–Crippen MR) is 104 cm³/mol. The Hall–Kier alpha value is -3.29. The van der Waals surface area contributed by atoms with Crippen LogP contribution in [0.15, 0.2) is 42.5 Å². The number of nitrogens with zero attached hydrogens (tertiary/aromatic N) is 1. The molecule has 29 heavy (non-hydrogen) atoms. The van der Waals surface area contributed by atoms with Crippen LogP contribution in [0.1, 0.15) is 18.9 Å². The third-order valence-corrected chi connectivity index (χ3v) is 3.99. The first-order valence-corrected chi connectivity index (χ1v) is 8.90. The summed E-state index contributed by atoms with van der Waals surface area (Å²) in [7, 11) is 1.51. The molecule has 8 heteroatoms. The highest BCUT2D eigenvalue weighted by Crippen LogP contribution is 2.20. The zero-order chi connectivity index (χ0) is 21.4. The van der Waals surface area contributed by atoms with Crippen molar-refractivity contribution in [2.24, 2.45) is 0 Å². The molecule has 2 aromatic carbocycles. The Morgan fingerprint density at radius 2 is 1.83 bits per heavy atom. The van der Waals surface area contributed by atoms with Gasteiger partial charge in [0.2, 0.25) is 11.8 Å². The largest absolute Gasteiger partial charge is 0.496 e. The molecule has 0 aliphatic rings. The molecule has 2 rings (SSSR count). The van der Waals surface area contributed by atoms with Crippen molar-refractivity contribution in [2.75, 3.05) is 25.5 Å². The Balaban J connectivity index is 2.08. The molecule has 0 spiro atoms. The number of hydrogen-bond acceptors (Lipinski definition) is 3. The molecule has 0 saturated carbocycles. The number of carbonyl (C=O) groups is 2. The molecule has 154 valence electrons. The summed E-state index contributed by atoms with van der Waals surface area (Å²) in [5, 5.41) is 2.16. The third-order valence-electron chi connectivity index (χ3n) is 3.99. The second kappa shape index (κ2) is 10.3. The van der Waals surface area contributed by atoms with Gasteiger partial charge in [-0.2, -0.15) is 0 Å². The number of amides is 2. The van der Waals surface area contributed by atoms with Gasteiger partial charge in [-0.3, -0.25) is 9.59 Å². The Bertz CT molecular complexity index is 916. The van der Waals surface area contributed by atoms with Crippen molar-refractivity contribution in [2.45, 2.75) is 13.3 Å². The minimum Gasteiger partial charge on any atom is -0.496 e. The molecule has 0 aliphatic carbocycles. The Morgan fingerprint density at radius 3 is 2.52 bits per heavy atom. The van der Waals surface area contributed by atoms with Crippen LogP contribution in [-0.2, 0) is 9.59 Å². The van der Waals surface area contributed by atoms with Gasteiger partial charge in [0.05, 0.1) is 12.8 Å². The second-order valence-electron chi connectivity index (χ2n) is 6.11. The molecule has 0 aliphatic heterocycles. The van der Waals surface area contributed by atoms with E-state index in [9.17, 15) is 22.8 Å². The molecular weight excluding hydrogens is 385 g/mol. The number of ether oxygens (including phenoxy) is 1. The quantitative estimate of drug-likeness (QED) is 0.533. The first-order chi connectivity index (χ1) is 13.9. The first kappa shape index (κ1) is 22.0. The van der Waals surface area contributed by atoms with Crippen LogP contribution < -0.4 is 10.1 Å². The fraction of sp³-hybridized carbons (Fsp3) is 0.238. The van der Waals surface area contributed by atoms with Gasteiger partial charge in [-0.25, -0.2) is 13.2 Å². The van der Waals surface area contributed by atoms with Crippen LogP contribution >= 0.6 is 0 Å². The standard InChI is InChI=1S/C21H21F3N2O3/c1-3-12-26(19(28)11-8-14-6-4-5-7-17(14)29-2)13-18(27)25-16-10-9-15(22)20(23)21(16)24/h4-11H,3,12-13H2,1-2H3,(H,25,27)/b11-8+. The van der Waals surface area contributed by atoms with Gasteiger partial charge in [0, 0.05) is 18.2 Å². The van der Waals surface area contributed by atoms with Gasteiger partial charge in [-0.05, 0) is 30.7 Å². The number of benzene rings is 2. The second-order valence-corrected chi connectivity index (χ2v) is 6.11. The van der Waals surface area contributed by atoms with Crippen LogP contribution in [0.2, 0.25) is 0 Å². The number of methoxy groups -OCH3 is 1. The highest BCUT2D eigenvalue weighted by molar-refractivity contribution is 5.98. The SMILES string of the molecule is CCCN(CC(=O)Nc1ccc(F)c(F)c1F)C(=O)/C=C/c1ccccc1OC.